The van der Waals surface area contributed by atoms with Crippen molar-refractivity contribution in [1.29, 1.82) is 5.26 Å². The Morgan fingerprint density at radius 1 is 1.24 bits per heavy atom. The first-order valence-corrected chi connectivity index (χ1v) is 8.04. The molecule has 0 bridgehead atoms. The van der Waals surface area contributed by atoms with Crippen molar-refractivity contribution in [1.82, 2.24) is 0 Å². The van der Waals surface area contributed by atoms with Crippen LogP contribution in [0.25, 0.3) is 0 Å². The van der Waals surface area contributed by atoms with Gasteiger partial charge in [-0.15, -0.1) is 11.3 Å². The van der Waals surface area contributed by atoms with Gasteiger partial charge in [0.15, 0.2) is 5.78 Å². The lowest BCUT2D eigenvalue weighted by Gasteiger charge is -2.09. The summed E-state index contributed by atoms with van der Waals surface area (Å²) in [5, 5.41) is 9.45. The van der Waals surface area contributed by atoms with Crippen molar-refractivity contribution in [3.63, 3.8) is 0 Å². The van der Waals surface area contributed by atoms with Gasteiger partial charge in [0, 0.05) is 4.88 Å². The number of carbonyl (C=O) groups is 1. The zero-order valence-corrected chi connectivity index (χ0v) is 13.1. The number of benzene rings is 1. The average Bonchev–Trinajstić information content (AvgIpc) is 3.04. The quantitative estimate of drug-likeness (QED) is 0.790. The fraction of sp³-hybridized carbons (Fsp3) is 0.333. The van der Waals surface area contributed by atoms with E-state index in [1.807, 2.05) is 38.1 Å². The van der Waals surface area contributed by atoms with Gasteiger partial charge < -0.3 is 0 Å². The van der Waals surface area contributed by atoms with Gasteiger partial charge in [0.25, 0.3) is 0 Å². The topological polar surface area (TPSA) is 40.9 Å². The Labute approximate surface area is 129 Å². The second-order valence-corrected chi connectivity index (χ2v) is 6.82. The van der Waals surface area contributed by atoms with Crippen LogP contribution < -0.4 is 0 Å². The molecule has 1 atom stereocenters. The van der Waals surface area contributed by atoms with Crippen LogP contribution in [0.2, 0.25) is 0 Å². The lowest BCUT2D eigenvalue weighted by Crippen LogP contribution is -2.10. The van der Waals surface area contributed by atoms with Gasteiger partial charge in [0.05, 0.1) is 10.9 Å². The molecule has 0 spiro atoms. The van der Waals surface area contributed by atoms with E-state index in [0.29, 0.717) is 0 Å². The van der Waals surface area contributed by atoms with E-state index in [2.05, 4.69) is 6.07 Å². The zero-order chi connectivity index (χ0) is 15.0. The first-order valence-electron chi connectivity index (χ1n) is 7.22. The molecule has 0 N–H and O–H groups in total. The predicted molar refractivity (Wildman–Crippen MR) is 84.9 cm³/mol. The molecule has 3 rings (SSSR count). The lowest BCUT2D eigenvalue weighted by atomic mass is 9.92. The van der Waals surface area contributed by atoms with E-state index in [0.717, 1.165) is 28.8 Å². The molecule has 2 nitrogen and oxygen atoms in total. The molecular weight excluding hydrogens is 278 g/mol. The van der Waals surface area contributed by atoms with Gasteiger partial charge in [-0.05, 0) is 61.4 Å². The number of nitrogens with zero attached hydrogens (tertiary/aromatic N) is 1. The molecule has 21 heavy (non-hydrogen) atoms. The lowest BCUT2D eigenvalue weighted by molar-refractivity contribution is 0.0982. The van der Waals surface area contributed by atoms with E-state index in [-0.39, 0.29) is 5.78 Å². The van der Waals surface area contributed by atoms with Crippen LogP contribution in [0.5, 0.6) is 0 Å². The molecule has 106 valence electrons. The van der Waals surface area contributed by atoms with Crippen molar-refractivity contribution in [3.8, 4) is 6.07 Å². The third-order valence-corrected chi connectivity index (χ3v) is 5.50. The van der Waals surface area contributed by atoms with E-state index >= 15 is 0 Å². The van der Waals surface area contributed by atoms with E-state index in [4.69, 9.17) is 0 Å². The normalized spacial score (nSPS) is 14.5. The molecule has 0 fully saturated rings. The molecule has 1 aliphatic rings. The Kier molecular flexibility index (Phi) is 3.65. The van der Waals surface area contributed by atoms with Crippen molar-refractivity contribution >= 4 is 17.1 Å². The van der Waals surface area contributed by atoms with E-state index in [1.54, 1.807) is 11.3 Å². The molecule has 0 amide bonds. The number of ketones is 1. The standard InChI is InChI=1S/C18H17NOS/c1-11-6-7-13(8-12(11)2)15(10-19)18(20)17-9-14-4-3-5-16(14)21-17/h6-9,15H,3-5H2,1-2H3. The van der Waals surface area contributed by atoms with E-state index < -0.39 is 5.92 Å². The van der Waals surface area contributed by atoms with Crippen LogP contribution in [0.1, 0.15) is 49.1 Å². The minimum absolute atomic E-state index is 0.0554. The van der Waals surface area contributed by atoms with Gasteiger partial charge in [-0.3, -0.25) is 4.79 Å². The Bertz CT molecular complexity index is 730. The van der Waals surface area contributed by atoms with Gasteiger partial charge in [-0.2, -0.15) is 5.26 Å². The summed E-state index contributed by atoms with van der Waals surface area (Å²) in [6.07, 6.45) is 3.34. The summed E-state index contributed by atoms with van der Waals surface area (Å²) in [4.78, 5) is 14.7. The van der Waals surface area contributed by atoms with Crippen molar-refractivity contribution < 1.29 is 4.79 Å². The summed E-state index contributed by atoms with van der Waals surface area (Å²) >= 11 is 1.58. The molecule has 2 aromatic rings. The summed E-state index contributed by atoms with van der Waals surface area (Å²) < 4.78 is 0. The summed E-state index contributed by atoms with van der Waals surface area (Å²) in [6.45, 7) is 4.05. The molecule has 1 aliphatic carbocycles. The molecular formula is C18H17NOS. The number of carbonyl (C=O) groups excluding carboxylic acids is 1. The third-order valence-electron chi connectivity index (χ3n) is 4.25. The Morgan fingerprint density at radius 2 is 2.05 bits per heavy atom. The van der Waals surface area contributed by atoms with Crippen LogP contribution in [0, 0.1) is 25.2 Å². The van der Waals surface area contributed by atoms with Crippen LogP contribution in [0.4, 0.5) is 0 Å². The van der Waals surface area contributed by atoms with Gasteiger partial charge in [-0.25, -0.2) is 0 Å². The molecule has 0 aliphatic heterocycles. The van der Waals surface area contributed by atoms with E-state index in [1.165, 1.54) is 22.4 Å². The number of Topliss-reactive ketones (excluding diaryl/α,β-unsaturated/α-hetero) is 1. The maximum atomic E-state index is 12.7. The summed E-state index contributed by atoms with van der Waals surface area (Å²) in [5.41, 5.74) is 4.41. The van der Waals surface area contributed by atoms with Gasteiger partial charge >= 0.3 is 0 Å². The van der Waals surface area contributed by atoms with Crippen LogP contribution in [0.15, 0.2) is 24.3 Å². The molecule has 1 aromatic heterocycles. The number of fused-ring (bicyclic) bond motifs is 1. The SMILES string of the molecule is Cc1ccc(C(C#N)C(=O)c2cc3c(s2)CCC3)cc1C. The number of rotatable bonds is 3. The average molecular weight is 295 g/mol. The van der Waals surface area contributed by atoms with Gasteiger partial charge in [0.2, 0.25) is 0 Å². The summed E-state index contributed by atoms with van der Waals surface area (Å²) in [7, 11) is 0. The number of hydrogen-bond acceptors (Lipinski definition) is 3. The minimum Gasteiger partial charge on any atom is -0.291 e. The number of nitriles is 1. The highest BCUT2D eigenvalue weighted by Gasteiger charge is 2.26. The fourth-order valence-corrected chi connectivity index (χ4v) is 4.05. The van der Waals surface area contributed by atoms with Crippen LogP contribution in [-0.2, 0) is 12.8 Å². The number of aryl methyl sites for hydroxylation is 4. The molecule has 1 unspecified atom stereocenters. The second kappa shape index (κ2) is 5.46. The molecule has 0 saturated heterocycles. The van der Waals surface area contributed by atoms with Crippen LogP contribution in [-0.4, -0.2) is 5.78 Å². The van der Waals surface area contributed by atoms with Crippen molar-refractivity contribution in [3.05, 3.63) is 56.3 Å². The highest BCUT2D eigenvalue weighted by molar-refractivity contribution is 7.14. The van der Waals surface area contributed by atoms with E-state index in [9.17, 15) is 10.1 Å². The van der Waals surface area contributed by atoms with Crippen LogP contribution in [0.3, 0.4) is 0 Å². The van der Waals surface area contributed by atoms with Crippen molar-refractivity contribution in [2.45, 2.75) is 39.0 Å². The first-order chi connectivity index (χ1) is 10.1. The number of thiophene rings is 1. The Balaban J connectivity index is 1.93. The zero-order valence-electron chi connectivity index (χ0n) is 12.3. The first kappa shape index (κ1) is 14.0. The van der Waals surface area contributed by atoms with Crippen LogP contribution >= 0.6 is 11.3 Å². The summed E-state index contributed by atoms with van der Waals surface area (Å²) in [5.74, 6) is -0.747. The minimum atomic E-state index is -0.692. The molecule has 1 heterocycles. The largest absolute Gasteiger partial charge is 0.291 e. The molecule has 1 aromatic carbocycles. The smallest absolute Gasteiger partial charge is 0.194 e. The molecule has 0 radical (unpaired) electrons. The van der Waals surface area contributed by atoms with Crippen molar-refractivity contribution in [2.24, 2.45) is 0 Å². The highest BCUT2D eigenvalue weighted by Crippen LogP contribution is 2.33. The van der Waals surface area contributed by atoms with Crippen molar-refractivity contribution in [2.75, 3.05) is 0 Å². The second-order valence-electron chi connectivity index (χ2n) is 5.68. The maximum absolute atomic E-state index is 12.7. The van der Waals surface area contributed by atoms with Gasteiger partial charge in [-0.1, -0.05) is 18.2 Å². The molecule has 0 saturated carbocycles. The number of hydrogen-bond donors (Lipinski definition) is 0. The molecule has 3 heteroatoms. The summed E-state index contributed by atoms with van der Waals surface area (Å²) in [6, 6.07) is 10.0. The fourth-order valence-electron chi connectivity index (χ4n) is 2.82. The monoisotopic (exact) mass is 295 g/mol. The Hall–Kier alpha value is -1.92. The third kappa shape index (κ3) is 2.52. The van der Waals surface area contributed by atoms with Gasteiger partial charge in [0.1, 0.15) is 5.92 Å². The predicted octanol–water partition coefficient (Wildman–Crippen LogP) is 4.34. The Morgan fingerprint density at radius 3 is 2.71 bits per heavy atom. The maximum Gasteiger partial charge on any atom is 0.194 e. The highest BCUT2D eigenvalue weighted by atomic mass is 32.1.